The third kappa shape index (κ3) is 5.01. The number of quaternary nitrogens is 1. The van der Waals surface area contributed by atoms with Crippen LogP contribution >= 0.6 is 0 Å². The van der Waals surface area contributed by atoms with Gasteiger partial charge in [-0.05, 0) is 31.4 Å². The van der Waals surface area contributed by atoms with E-state index in [-0.39, 0.29) is 18.7 Å². The van der Waals surface area contributed by atoms with E-state index < -0.39 is 0 Å². The zero-order valence-corrected chi connectivity index (χ0v) is 16.4. The Morgan fingerprint density at radius 2 is 1.89 bits per heavy atom. The molecule has 0 aliphatic carbocycles. The lowest BCUT2D eigenvalue weighted by molar-refractivity contribution is -0.849. The number of carbonyl (C=O) groups excluding carboxylic acids is 1. The Morgan fingerprint density at radius 1 is 1.11 bits per heavy atom. The summed E-state index contributed by atoms with van der Waals surface area (Å²) >= 11 is 0. The lowest BCUT2D eigenvalue weighted by atomic mass is 10.0. The van der Waals surface area contributed by atoms with Gasteiger partial charge in [-0.15, -0.1) is 0 Å². The number of amides is 1. The summed E-state index contributed by atoms with van der Waals surface area (Å²) in [5, 5.41) is 0. The van der Waals surface area contributed by atoms with Gasteiger partial charge >= 0.3 is 0 Å². The van der Waals surface area contributed by atoms with Crippen molar-refractivity contribution in [1.82, 2.24) is 4.90 Å². The van der Waals surface area contributed by atoms with Crippen LogP contribution in [-0.2, 0) is 17.8 Å². The van der Waals surface area contributed by atoms with Gasteiger partial charge in [0.25, 0.3) is 5.91 Å². The maximum atomic E-state index is 12.9. The van der Waals surface area contributed by atoms with Crippen LogP contribution in [0.5, 0.6) is 11.5 Å². The Morgan fingerprint density at radius 3 is 2.63 bits per heavy atom. The van der Waals surface area contributed by atoms with Crippen LogP contribution in [0.1, 0.15) is 24.5 Å². The van der Waals surface area contributed by atoms with Crippen molar-refractivity contribution in [3.63, 3.8) is 0 Å². The highest BCUT2D eigenvalue weighted by molar-refractivity contribution is 5.77. The molecule has 0 fully saturated rings. The topological polar surface area (TPSA) is 43.2 Å². The molecule has 0 aromatic heterocycles. The molecule has 3 rings (SSSR count). The average molecular weight is 369 g/mol. The van der Waals surface area contributed by atoms with E-state index in [0.29, 0.717) is 13.1 Å². The third-order valence-electron chi connectivity index (χ3n) is 4.87. The van der Waals surface area contributed by atoms with Crippen molar-refractivity contribution in [2.75, 3.05) is 27.4 Å². The molecule has 0 radical (unpaired) electrons. The van der Waals surface area contributed by atoms with Gasteiger partial charge in [-0.25, -0.2) is 0 Å². The normalized spacial score (nSPS) is 13.6. The van der Waals surface area contributed by atoms with E-state index in [9.17, 15) is 4.79 Å². The second-order valence-electron chi connectivity index (χ2n) is 7.43. The van der Waals surface area contributed by atoms with E-state index in [1.54, 1.807) is 0 Å². The summed E-state index contributed by atoms with van der Waals surface area (Å²) in [7, 11) is 4.00. The van der Waals surface area contributed by atoms with Gasteiger partial charge in [0.15, 0.2) is 18.0 Å². The van der Waals surface area contributed by atoms with Crippen LogP contribution in [0.2, 0.25) is 0 Å². The maximum absolute atomic E-state index is 12.9. The Kier molecular flexibility index (Phi) is 6.35. The molecular formula is C22H29N2O3+. The highest BCUT2D eigenvalue weighted by atomic mass is 16.7. The van der Waals surface area contributed by atoms with Crippen molar-refractivity contribution in [2.45, 2.75) is 32.4 Å². The molecule has 0 saturated heterocycles. The Balaban J connectivity index is 1.74. The number of aryl methyl sites for hydroxylation is 1. The number of fused-ring (bicyclic) bond motifs is 1. The minimum Gasteiger partial charge on any atom is -0.454 e. The van der Waals surface area contributed by atoms with Crippen LogP contribution in [0, 0.1) is 0 Å². The van der Waals surface area contributed by atoms with Crippen LogP contribution in [0.25, 0.3) is 0 Å². The molecule has 1 N–H and O–H groups in total. The zero-order valence-electron chi connectivity index (χ0n) is 16.4. The molecule has 2 aromatic carbocycles. The average Bonchev–Trinajstić information content (AvgIpc) is 3.14. The first kappa shape index (κ1) is 19.2. The molecular weight excluding hydrogens is 340 g/mol. The number of benzene rings is 2. The number of hydrogen-bond acceptors (Lipinski definition) is 3. The monoisotopic (exact) mass is 369 g/mol. The quantitative estimate of drug-likeness (QED) is 0.773. The van der Waals surface area contributed by atoms with Crippen molar-refractivity contribution < 1.29 is 19.2 Å². The summed E-state index contributed by atoms with van der Waals surface area (Å²) in [6.07, 6.45) is 1.87. The van der Waals surface area contributed by atoms with Gasteiger partial charge in [-0.2, -0.15) is 0 Å². The van der Waals surface area contributed by atoms with Gasteiger partial charge < -0.3 is 19.3 Å². The standard InChI is InChI=1S/C22H28N2O3/c1-17(12-13-18-8-5-4-6-9-18)24(21(25)15-23(2)3)14-19-10-7-11-20-22(19)27-16-26-20/h4-11,17H,12-16H2,1-3H3/p+1/t17-/m1/s1. The van der Waals surface area contributed by atoms with E-state index in [0.717, 1.165) is 34.8 Å². The molecule has 0 saturated carbocycles. The first-order chi connectivity index (χ1) is 13.0. The van der Waals surface area contributed by atoms with E-state index in [1.807, 2.05) is 43.3 Å². The number of hydrogen-bond donors (Lipinski definition) is 1. The number of likely N-dealkylation sites (N-methyl/N-ethyl adjacent to an activating group) is 1. The molecule has 1 aliphatic heterocycles. The first-order valence-electron chi connectivity index (χ1n) is 9.54. The summed E-state index contributed by atoms with van der Waals surface area (Å²) in [6.45, 7) is 3.38. The first-order valence-corrected chi connectivity index (χ1v) is 9.54. The predicted molar refractivity (Wildman–Crippen MR) is 105 cm³/mol. The lowest BCUT2D eigenvalue weighted by Gasteiger charge is -2.30. The third-order valence-corrected chi connectivity index (χ3v) is 4.87. The van der Waals surface area contributed by atoms with Crippen LogP contribution in [0.4, 0.5) is 0 Å². The molecule has 1 aliphatic rings. The van der Waals surface area contributed by atoms with E-state index in [4.69, 9.17) is 9.47 Å². The van der Waals surface area contributed by atoms with Crippen LogP contribution in [-0.4, -0.2) is 44.3 Å². The zero-order chi connectivity index (χ0) is 19.2. The van der Waals surface area contributed by atoms with Gasteiger partial charge in [-0.1, -0.05) is 42.5 Å². The summed E-state index contributed by atoms with van der Waals surface area (Å²) < 4.78 is 11.1. The van der Waals surface area contributed by atoms with Gasteiger partial charge in [0.1, 0.15) is 0 Å². The Bertz CT molecular complexity index is 761. The van der Waals surface area contributed by atoms with Crippen molar-refractivity contribution in [3.8, 4) is 11.5 Å². The van der Waals surface area contributed by atoms with Crippen molar-refractivity contribution in [1.29, 1.82) is 0 Å². The molecule has 0 bridgehead atoms. The minimum atomic E-state index is 0.134. The number of nitrogens with zero attached hydrogens (tertiary/aromatic N) is 1. The molecule has 0 spiro atoms. The lowest BCUT2D eigenvalue weighted by Crippen LogP contribution is -3.07. The number of para-hydroxylation sites is 1. The predicted octanol–water partition coefficient (Wildman–Crippen LogP) is 1.91. The second kappa shape index (κ2) is 8.91. The summed E-state index contributed by atoms with van der Waals surface area (Å²) in [5.41, 5.74) is 2.30. The van der Waals surface area contributed by atoms with Gasteiger partial charge in [-0.3, -0.25) is 4.79 Å². The molecule has 5 heteroatoms. The fourth-order valence-electron chi connectivity index (χ4n) is 3.37. The fraction of sp³-hybridized carbons (Fsp3) is 0.409. The second-order valence-corrected chi connectivity index (χ2v) is 7.43. The number of nitrogens with one attached hydrogen (secondary N) is 1. The summed E-state index contributed by atoms with van der Waals surface area (Å²) in [5.74, 6) is 1.69. The molecule has 1 amide bonds. The van der Waals surface area contributed by atoms with Crippen molar-refractivity contribution >= 4 is 5.91 Å². The maximum Gasteiger partial charge on any atom is 0.278 e. The Labute approximate surface area is 161 Å². The molecule has 5 nitrogen and oxygen atoms in total. The largest absolute Gasteiger partial charge is 0.454 e. The fourth-order valence-corrected chi connectivity index (χ4v) is 3.37. The van der Waals surface area contributed by atoms with Crippen LogP contribution < -0.4 is 14.4 Å². The highest BCUT2D eigenvalue weighted by Gasteiger charge is 2.25. The summed E-state index contributed by atoms with van der Waals surface area (Å²) in [6, 6.07) is 16.4. The molecule has 0 unspecified atom stereocenters. The van der Waals surface area contributed by atoms with E-state index in [2.05, 4.69) is 31.2 Å². The number of ether oxygens (including phenoxy) is 2. The van der Waals surface area contributed by atoms with E-state index >= 15 is 0 Å². The van der Waals surface area contributed by atoms with Gasteiger partial charge in [0.05, 0.1) is 14.1 Å². The number of carbonyl (C=O) groups is 1. The van der Waals surface area contributed by atoms with Crippen LogP contribution in [0.15, 0.2) is 48.5 Å². The van der Waals surface area contributed by atoms with Crippen molar-refractivity contribution in [2.24, 2.45) is 0 Å². The molecule has 27 heavy (non-hydrogen) atoms. The smallest absolute Gasteiger partial charge is 0.278 e. The molecule has 1 heterocycles. The SMILES string of the molecule is C[C@H](CCc1ccccc1)N(Cc1cccc2c1OCO2)C(=O)C[NH+](C)C. The summed E-state index contributed by atoms with van der Waals surface area (Å²) in [4.78, 5) is 16.0. The molecule has 144 valence electrons. The molecule has 2 aromatic rings. The Hall–Kier alpha value is -2.53. The minimum absolute atomic E-state index is 0.134. The van der Waals surface area contributed by atoms with E-state index in [1.165, 1.54) is 5.56 Å². The highest BCUT2D eigenvalue weighted by Crippen LogP contribution is 2.36. The molecule has 1 atom stereocenters. The van der Waals surface area contributed by atoms with Gasteiger partial charge in [0, 0.05) is 18.2 Å². The number of rotatable bonds is 8. The van der Waals surface area contributed by atoms with Gasteiger partial charge in [0.2, 0.25) is 6.79 Å². The van der Waals surface area contributed by atoms with Crippen LogP contribution in [0.3, 0.4) is 0 Å². The van der Waals surface area contributed by atoms with Crippen molar-refractivity contribution in [3.05, 3.63) is 59.7 Å².